The van der Waals surface area contributed by atoms with Gasteiger partial charge in [-0.25, -0.2) is 0 Å². The minimum absolute atomic E-state index is 0. The number of carbonyl (C=O) groups excluding carboxylic acids is 1. The zero-order valence-electron chi connectivity index (χ0n) is 9.64. The van der Waals surface area contributed by atoms with Gasteiger partial charge in [-0.3, -0.25) is 4.79 Å². The van der Waals surface area contributed by atoms with Gasteiger partial charge in [-0.05, 0) is 28.8 Å². The summed E-state index contributed by atoms with van der Waals surface area (Å²) in [6.07, 6.45) is 3.03. The van der Waals surface area contributed by atoms with Crippen molar-refractivity contribution >= 4 is 22.9 Å². The Bertz CT molecular complexity index is 532. The Labute approximate surface area is 137 Å². The molecule has 0 N–H and O–H groups in total. The van der Waals surface area contributed by atoms with Crippen LogP contribution in [-0.4, -0.2) is 5.24 Å². The topological polar surface area (TPSA) is 17.1 Å². The van der Waals surface area contributed by atoms with Crippen LogP contribution in [0.15, 0.2) is 54.6 Å². The molecule has 0 aliphatic rings. The van der Waals surface area contributed by atoms with Crippen LogP contribution in [-0.2, 0) is 37.5 Å². The van der Waals surface area contributed by atoms with Crippen molar-refractivity contribution in [1.82, 2.24) is 0 Å². The van der Waals surface area contributed by atoms with Gasteiger partial charge in [0.2, 0.25) is 5.24 Å². The number of hydrogen-bond acceptors (Lipinski definition) is 1. The Balaban J connectivity index is 0.00000162. The first-order chi connectivity index (χ1) is 8.25. The number of halogens is 1. The molecule has 84 valence electrons. The fourth-order valence-corrected chi connectivity index (χ4v) is 1.59. The summed E-state index contributed by atoms with van der Waals surface area (Å²) in [5, 5.41) is -0.465. The van der Waals surface area contributed by atoms with Gasteiger partial charge in [0.15, 0.2) is 0 Å². The summed E-state index contributed by atoms with van der Waals surface area (Å²) in [5.74, 6) is 0. The molecular weight excluding hydrogens is 321 g/mol. The van der Waals surface area contributed by atoms with E-state index >= 15 is 0 Å². The van der Waals surface area contributed by atoms with Crippen LogP contribution in [0.1, 0.15) is 5.56 Å². The van der Waals surface area contributed by atoms with E-state index in [-0.39, 0.29) is 32.7 Å². The molecule has 0 heterocycles. The molecule has 3 heteroatoms. The quantitative estimate of drug-likeness (QED) is 0.473. The van der Waals surface area contributed by atoms with E-state index in [2.05, 4.69) is 6.07 Å². The molecular formula is C15H10ClOY+2. The summed E-state index contributed by atoms with van der Waals surface area (Å²) < 4.78 is 0. The van der Waals surface area contributed by atoms with Crippen LogP contribution in [0.5, 0.6) is 0 Å². The van der Waals surface area contributed by atoms with E-state index in [0.717, 1.165) is 16.7 Å². The molecule has 0 aromatic heterocycles. The summed E-state index contributed by atoms with van der Waals surface area (Å²) in [6.45, 7) is 0. The van der Waals surface area contributed by atoms with E-state index < -0.39 is 5.24 Å². The summed E-state index contributed by atoms with van der Waals surface area (Å²) in [5.41, 5.74) is 3.23. The van der Waals surface area contributed by atoms with Crippen molar-refractivity contribution in [3.05, 3.63) is 66.2 Å². The van der Waals surface area contributed by atoms with Crippen molar-refractivity contribution < 1.29 is 37.5 Å². The fraction of sp³-hybridized carbons (Fsp3) is 0. The molecule has 0 amide bonds. The van der Waals surface area contributed by atoms with Crippen LogP contribution >= 0.6 is 11.6 Å². The Morgan fingerprint density at radius 3 is 2.11 bits per heavy atom. The number of benzene rings is 2. The van der Waals surface area contributed by atoms with Crippen molar-refractivity contribution in [1.29, 1.82) is 0 Å². The van der Waals surface area contributed by atoms with Crippen LogP contribution < -0.4 is 0 Å². The smallest absolute Gasteiger partial charge is 0.276 e. The van der Waals surface area contributed by atoms with Crippen LogP contribution in [0.2, 0.25) is 0 Å². The van der Waals surface area contributed by atoms with E-state index in [1.807, 2.05) is 48.5 Å². The maximum atomic E-state index is 10.6. The molecule has 2 aromatic carbocycles. The van der Waals surface area contributed by atoms with Gasteiger partial charge in [-0.2, -0.15) is 30.3 Å². The van der Waals surface area contributed by atoms with E-state index in [1.54, 1.807) is 6.08 Å². The van der Waals surface area contributed by atoms with E-state index in [4.69, 9.17) is 11.6 Å². The van der Waals surface area contributed by atoms with Crippen molar-refractivity contribution in [2.45, 2.75) is 0 Å². The average Bonchev–Trinajstić information content (AvgIpc) is 2.38. The predicted molar refractivity (Wildman–Crippen MR) is 70.6 cm³/mol. The largest absolute Gasteiger partial charge is 3.00 e. The standard InChI is InChI=1S/C15H10ClO.Y/c16-15(17)11-8-12-6-9-14(10-7-12)13-4-2-1-3-5-13;/h2-11H;/q-1;+3/b11-8+;. The third kappa shape index (κ3) is 4.49. The molecule has 0 spiro atoms. The van der Waals surface area contributed by atoms with E-state index in [9.17, 15) is 4.79 Å². The molecule has 0 bridgehead atoms. The number of hydrogen-bond donors (Lipinski definition) is 0. The summed E-state index contributed by atoms with van der Waals surface area (Å²) in [7, 11) is 0. The van der Waals surface area contributed by atoms with Crippen LogP contribution in [0.25, 0.3) is 17.2 Å². The zero-order chi connectivity index (χ0) is 12.1. The molecule has 0 aliphatic heterocycles. The van der Waals surface area contributed by atoms with Gasteiger partial charge in [0, 0.05) is 0 Å². The second kappa shape index (κ2) is 7.63. The van der Waals surface area contributed by atoms with E-state index in [0.29, 0.717) is 0 Å². The van der Waals surface area contributed by atoms with Crippen LogP contribution in [0.3, 0.4) is 0 Å². The first kappa shape index (κ1) is 15.3. The number of carbonyl (C=O) groups is 1. The molecule has 18 heavy (non-hydrogen) atoms. The molecule has 0 saturated carbocycles. The van der Waals surface area contributed by atoms with Gasteiger partial charge in [-0.15, -0.1) is 5.56 Å². The molecule has 0 saturated heterocycles. The van der Waals surface area contributed by atoms with E-state index in [1.165, 1.54) is 6.08 Å². The molecule has 2 rings (SSSR count). The monoisotopic (exact) mass is 330 g/mol. The summed E-state index contributed by atoms with van der Waals surface area (Å²) in [6, 6.07) is 18.7. The third-order valence-electron chi connectivity index (χ3n) is 2.37. The molecule has 0 aliphatic carbocycles. The number of rotatable bonds is 3. The minimum atomic E-state index is -0.465. The normalized spacial score (nSPS) is 10.1. The molecule has 2 aromatic rings. The fourth-order valence-electron chi connectivity index (χ4n) is 1.53. The minimum Gasteiger partial charge on any atom is -0.276 e. The first-order valence-corrected chi connectivity index (χ1v) is 5.57. The second-order valence-electron chi connectivity index (χ2n) is 3.55. The Morgan fingerprint density at radius 2 is 1.56 bits per heavy atom. The molecule has 0 fully saturated rings. The molecule has 0 unspecified atom stereocenters. The maximum absolute atomic E-state index is 10.6. The van der Waals surface area contributed by atoms with Crippen molar-refractivity contribution in [3.63, 3.8) is 0 Å². The van der Waals surface area contributed by atoms with Gasteiger partial charge >= 0.3 is 32.7 Å². The Kier molecular flexibility index (Phi) is 6.49. The van der Waals surface area contributed by atoms with Gasteiger partial charge in [0.05, 0.1) is 0 Å². The van der Waals surface area contributed by atoms with Gasteiger partial charge < -0.3 is 0 Å². The SMILES string of the molecule is O=C(Cl)/C=C/c1ccc(-c2cc[c-]cc2)cc1.[Y+3]. The third-order valence-corrected chi connectivity index (χ3v) is 2.50. The van der Waals surface area contributed by atoms with Crippen molar-refractivity contribution in [2.24, 2.45) is 0 Å². The first-order valence-electron chi connectivity index (χ1n) is 5.20. The summed E-state index contributed by atoms with van der Waals surface area (Å²) >= 11 is 5.23. The Hall–Kier alpha value is -0.756. The predicted octanol–water partition coefficient (Wildman–Crippen LogP) is 3.93. The van der Waals surface area contributed by atoms with Crippen LogP contribution in [0.4, 0.5) is 0 Å². The Morgan fingerprint density at radius 1 is 1.00 bits per heavy atom. The van der Waals surface area contributed by atoms with Crippen LogP contribution in [0, 0.1) is 6.07 Å². The molecule has 0 radical (unpaired) electrons. The molecule has 0 atom stereocenters. The van der Waals surface area contributed by atoms with Crippen molar-refractivity contribution in [2.75, 3.05) is 0 Å². The number of allylic oxidation sites excluding steroid dienone is 1. The maximum Gasteiger partial charge on any atom is 3.00 e. The zero-order valence-corrected chi connectivity index (χ0v) is 13.2. The molecule has 1 nitrogen and oxygen atoms in total. The van der Waals surface area contributed by atoms with Gasteiger partial charge in [0.25, 0.3) is 0 Å². The van der Waals surface area contributed by atoms with Crippen molar-refractivity contribution in [3.8, 4) is 11.1 Å². The summed E-state index contributed by atoms with van der Waals surface area (Å²) in [4.78, 5) is 10.6. The van der Waals surface area contributed by atoms with Gasteiger partial charge in [-0.1, -0.05) is 30.3 Å². The average molecular weight is 331 g/mol. The second-order valence-corrected chi connectivity index (χ2v) is 3.92. The van der Waals surface area contributed by atoms with Gasteiger partial charge in [0.1, 0.15) is 0 Å².